The van der Waals surface area contributed by atoms with Gasteiger partial charge in [-0.3, -0.25) is 4.57 Å². The van der Waals surface area contributed by atoms with Gasteiger partial charge in [0.2, 0.25) is 0 Å². The zero-order chi connectivity index (χ0) is 18.4. The summed E-state index contributed by atoms with van der Waals surface area (Å²) in [4.78, 5) is 0. The average molecular weight is 351 g/mol. The second-order valence-corrected chi connectivity index (χ2v) is 7.41. The van der Waals surface area contributed by atoms with Gasteiger partial charge in [-0.05, 0) is 40.8 Å². The van der Waals surface area contributed by atoms with Gasteiger partial charge in [-0.25, -0.2) is 0 Å². The third-order valence-electron chi connectivity index (χ3n) is 5.27. The molecule has 0 aliphatic heterocycles. The fourth-order valence-electron chi connectivity index (χ4n) is 3.97. The highest BCUT2D eigenvalue weighted by atomic mass is 15.3. The summed E-state index contributed by atoms with van der Waals surface area (Å²) in [5.41, 5.74) is 7.69. The molecule has 3 heteroatoms. The molecule has 0 saturated carbocycles. The van der Waals surface area contributed by atoms with Crippen LogP contribution in [0.5, 0.6) is 0 Å². The number of fused-ring (bicyclic) bond motifs is 3. The first kappa shape index (κ1) is 16.0. The number of rotatable bonds is 3. The first-order valence-electron chi connectivity index (χ1n) is 9.44. The maximum Gasteiger partial charge on any atom is 0.168 e. The second kappa shape index (κ2) is 6.20. The lowest BCUT2D eigenvalue weighted by molar-refractivity contribution is 0.746. The highest BCUT2D eigenvalue weighted by molar-refractivity contribution is 5.78. The quantitative estimate of drug-likeness (QED) is 0.422. The lowest BCUT2D eigenvalue weighted by Gasteiger charge is -2.14. The van der Waals surface area contributed by atoms with E-state index < -0.39 is 0 Å². The lowest BCUT2D eigenvalue weighted by Crippen LogP contribution is -2.05. The molecule has 1 heterocycles. The van der Waals surface area contributed by atoms with Crippen LogP contribution in [0.3, 0.4) is 0 Å². The van der Waals surface area contributed by atoms with Gasteiger partial charge in [-0.2, -0.15) is 0 Å². The monoisotopic (exact) mass is 351 g/mol. The molecule has 3 nitrogen and oxygen atoms in total. The van der Waals surface area contributed by atoms with Crippen molar-refractivity contribution in [3.05, 3.63) is 89.7 Å². The van der Waals surface area contributed by atoms with Crippen LogP contribution in [0.4, 0.5) is 0 Å². The van der Waals surface area contributed by atoms with E-state index in [2.05, 4.69) is 83.2 Å². The summed E-state index contributed by atoms with van der Waals surface area (Å²) in [6.07, 6.45) is 0.985. The van der Waals surface area contributed by atoms with E-state index in [0.29, 0.717) is 5.92 Å². The topological polar surface area (TPSA) is 30.7 Å². The van der Waals surface area contributed by atoms with Gasteiger partial charge in [-0.15, -0.1) is 10.2 Å². The van der Waals surface area contributed by atoms with Crippen LogP contribution in [0, 0.1) is 0 Å². The van der Waals surface area contributed by atoms with E-state index in [9.17, 15) is 0 Å². The standard InChI is InChI=1S/C24H21N3/c1-16(2)23-25-26-24(17-8-4-3-5-9-17)27(23)20-12-13-22-19(15-20)14-18-10-6-7-11-21(18)22/h3-13,15-16H,14H2,1-2H3. The molecule has 3 aromatic carbocycles. The Hall–Kier alpha value is -3.20. The summed E-state index contributed by atoms with van der Waals surface area (Å²) < 4.78 is 2.21. The Bertz CT molecular complexity index is 1120. The average Bonchev–Trinajstić information content (AvgIpc) is 3.30. The minimum Gasteiger partial charge on any atom is -0.279 e. The maximum absolute atomic E-state index is 4.53. The van der Waals surface area contributed by atoms with E-state index >= 15 is 0 Å². The van der Waals surface area contributed by atoms with Crippen LogP contribution in [0.15, 0.2) is 72.8 Å². The minimum absolute atomic E-state index is 0.292. The molecule has 0 unspecified atom stereocenters. The predicted octanol–water partition coefficient (Wildman–Crippen LogP) is 5.63. The predicted molar refractivity (Wildman–Crippen MR) is 109 cm³/mol. The normalized spacial score (nSPS) is 12.3. The first-order chi connectivity index (χ1) is 13.2. The van der Waals surface area contributed by atoms with Gasteiger partial charge < -0.3 is 0 Å². The zero-order valence-corrected chi connectivity index (χ0v) is 15.6. The molecule has 5 rings (SSSR count). The van der Waals surface area contributed by atoms with Crippen molar-refractivity contribution < 1.29 is 0 Å². The van der Waals surface area contributed by atoms with E-state index in [1.54, 1.807) is 0 Å². The van der Waals surface area contributed by atoms with Gasteiger partial charge in [0.15, 0.2) is 5.82 Å². The van der Waals surface area contributed by atoms with Crippen molar-refractivity contribution >= 4 is 0 Å². The molecule has 27 heavy (non-hydrogen) atoms. The summed E-state index contributed by atoms with van der Waals surface area (Å²) in [5, 5.41) is 9.04. The van der Waals surface area contributed by atoms with Crippen molar-refractivity contribution in [3.8, 4) is 28.2 Å². The van der Waals surface area contributed by atoms with Crippen LogP contribution in [0.1, 0.15) is 36.7 Å². The zero-order valence-electron chi connectivity index (χ0n) is 15.6. The van der Waals surface area contributed by atoms with Gasteiger partial charge >= 0.3 is 0 Å². The molecule has 0 amide bonds. The molecule has 0 atom stereocenters. The summed E-state index contributed by atoms with van der Waals surface area (Å²) in [6, 6.07) is 25.7. The molecule has 0 saturated heterocycles. The Morgan fingerprint density at radius 1 is 0.778 bits per heavy atom. The Morgan fingerprint density at radius 2 is 1.52 bits per heavy atom. The van der Waals surface area contributed by atoms with E-state index in [0.717, 1.165) is 29.3 Å². The molecule has 1 aliphatic rings. The van der Waals surface area contributed by atoms with Gasteiger partial charge in [0.25, 0.3) is 0 Å². The summed E-state index contributed by atoms with van der Waals surface area (Å²) in [7, 11) is 0. The smallest absolute Gasteiger partial charge is 0.168 e. The van der Waals surface area contributed by atoms with Gasteiger partial charge in [0.1, 0.15) is 5.82 Å². The number of hydrogen-bond acceptors (Lipinski definition) is 2. The molecular formula is C24H21N3. The van der Waals surface area contributed by atoms with Crippen molar-refractivity contribution in [2.75, 3.05) is 0 Å². The van der Waals surface area contributed by atoms with Crippen LogP contribution >= 0.6 is 0 Å². The fraction of sp³-hybridized carbons (Fsp3) is 0.167. The number of hydrogen-bond donors (Lipinski definition) is 0. The maximum atomic E-state index is 4.53. The largest absolute Gasteiger partial charge is 0.279 e. The highest BCUT2D eigenvalue weighted by Crippen LogP contribution is 2.38. The fourth-order valence-corrected chi connectivity index (χ4v) is 3.97. The molecule has 0 bridgehead atoms. The van der Waals surface area contributed by atoms with Crippen LogP contribution < -0.4 is 0 Å². The lowest BCUT2D eigenvalue weighted by atomic mass is 10.1. The van der Waals surface area contributed by atoms with E-state index in [4.69, 9.17) is 0 Å². The van der Waals surface area contributed by atoms with Crippen molar-refractivity contribution in [2.45, 2.75) is 26.2 Å². The van der Waals surface area contributed by atoms with E-state index in [1.807, 2.05) is 18.2 Å². The minimum atomic E-state index is 0.292. The van der Waals surface area contributed by atoms with E-state index in [1.165, 1.54) is 22.3 Å². The van der Waals surface area contributed by atoms with Crippen molar-refractivity contribution in [3.63, 3.8) is 0 Å². The molecule has 0 spiro atoms. The Labute approximate surface area is 159 Å². The van der Waals surface area contributed by atoms with Crippen LogP contribution in [0.25, 0.3) is 28.2 Å². The van der Waals surface area contributed by atoms with Gasteiger partial charge in [0, 0.05) is 17.2 Å². The Kier molecular flexibility index (Phi) is 3.68. The molecule has 4 aromatic rings. The third kappa shape index (κ3) is 2.58. The molecule has 0 fully saturated rings. The van der Waals surface area contributed by atoms with Crippen molar-refractivity contribution in [1.29, 1.82) is 0 Å². The molecular weight excluding hydrogens is 330 g/mol. The third-order valence-corrected chi connectivity index (χ3v) is 5.27. The van der Waals surface area contributed by atoms with E-state index in [-0.39, 0.29) is 0 Å². The Morgan fingerprint density at radius 3 is 2.33 bits per heavy atom. The molecule has 1 aromatic heterocycles. The Balaban J connectivity index is 1.68. The SMILES string of the molecule is CC(C)c1nnc(-c2ccccc2)n1-c1ccc2c(c1)Cc1ccccc1-2. The van der Waals surface area contributed by atoms with Gasteiger partial charge in [-0.1, -0.05) is 74.5 Å². The number of aromatic nitrogens is 3. The van der Waals surface area contributed by atoms with Crippen molar-refractivity contribution in [2.24, 2.45) is 0 Å². The highest BCUT2D eigenvalue weighted by Gasteiger charge is 2.22. The van der Waals surface area contributed by atoms with Gasteiger partial charge in [0.05, 0.1) is 0 Å². The number of nitrogens with zero attached hydrogens (tertiary/aromatic N) is 3. The summed E-state index contributed by atoms with van der Waals surface area (Å²) in [5.74, 6) is 2.18. The molecule has 0 radical (unpaired) electrons. The van der Waals surface area contributed by atoms with Crippen LogP contribution in [-0.2, 0) is 6.42 Å². The van der Waals surface area contributed by atoms with Crippen molar-refractivity contribution in [1.82, 2.24) is 14.8 Å². The first-order valence-corrected chi connectivity index (χ1v) is 9.44. The molecule has 0 N–H and O–H groups in total. The molecule has 1 aliphatic carbocycles. The molecule has 132 valence electrons. The number of benzene rings is 3. The summed E-state index contributed by atoms with van der Waals surface area (Å²) in [6.45, 7) is 4.33. The van der Waals surface area contributed by atoms with Crippen LogP contribution in [0.2, 0.25) is 0 Å². The second-order valence-electron chi connectivity index (χ2n) is 7.41. The van der Waals surface area contributed by atoms with Crippen LogP contribution in [-0.4, -0.2) is 14.8 Å². The summed E-state index contributed by atoms with van der Waals surface area (Å²) >= 11 is 0.